The van der Waals surface area contributed by atoms with E-state index in [0.717, 1.165) is 48.9 Å². The first kappa shape index (κ1) is 20.5. The number of H-pyrrole nitrogens is 1. The van der Waals surface area contributed by atoms with E-state index in [2.05, 4.69) is 25.1 Å². The molecule has 1 fully saturated rings. The smallest absolute Gasteiger partial charge is 0.284 e. The minimum absolute atomic E-state index is 0.0913. The SMILES string of the molecule is N[C@@H]1c2cccnc2CC12CCN(c1nc3n[nH]c(C4=COCCC4)c3nc1C(F)F)CC2. The van der Waals surface area contributed by atoms with Crippen molar-refractivity contribution in [2.45, 2.75) is 44.6 Å². The topological polar surface area (TPSA) is 106 Å². The maximum atomic E-state index is 14.1. The summed E-state index contributed by atoms with van der Waals surface area (Å²) in [7, 11) is 0. The molecule has 33 heavy (non-hydrogen) atoms. The van der Waals surface area contributed by atoms with Crippen LogP contribution < -0.4 is 10.6 Å². The molecular formula is C23H25F2N7O. The van der Waals surface area contributed by atoms with Gasteiger partial charge in [-0.15, -0.1) is 0 Å². The number of fused-ring (bicyclic) bond motifs is 2. The Hall–Kier alpha value is -3.14. The lowest BCUT2D eigenvalue weighted by atomic mass is 9.73. The number of pyridine rings is 1. The van der Waals surface area contributed by atoms with Crippen molar-refractivity contribution >= 4 is 22.6 Å². The number of aromatic amines is 1. The van der Waals surface area contributed by atoms with Crippen molar-refractivity contribution in [3.63, 3.8) is 0 Å². The van der Waals surface area contributed by atoms with Crippen molar-refractivity contribution < 1.29 is 13.5 Å². The summed E-state index contributed by atoms with van der Waals surface area (Å²) in [5.41, 5.74) is 10.6. The number of allylic oxidation sites excluding steroid dienone is 1. The summed E-state index contributed by atoms with van der Waals surface area (Å²) >= 11 is 0. The van der Waals surface area contributed by atoms with E-state index >= 15 is 0 Å². The van der Waals surface area contributed by atoms with Crippen LogP contribution in [-0.2, 0) is 11.2 Å². The molecule has 0 radical (unpaired) electrons. The highest BCUT2D eigenvalue weighted by molar-refractivity contribution is 5.86. The molecule has 0 unspecified atom stereocenters. The molecule has 0 saturated carbocycles. The molecular weight excluding hydrogens is 428 g/mol. The third-order valence-electron chi connectivity index (χ3n) is 7.36. The minimum Gasteiger partial charge on any atom is -0.501 e. The molecule has 3 aliphatic rings. The summed E-state index contributed by atoms with van der Waals surface area (Å²) in [5.74, 6) is 0.210. The van der Waals surface area contributed by atoms with E-state index < -0.39 is 6.43 Å². The van der Waals surface area contributed by atoms with Gasteiger partial charge in [0.2, 0.25) is 5.65 Å². The number of piperidine rings is 1. The first-order chi connectivity index (χ1) is 16.1. The fraction of sp³-hybridized carbons (Fsp3) is 0.478. The van der Waals surface area contributed by atoms with Crippen LogP contribution in [-0.4, -0.2) is 44.8 Å². The third kappa shape index (κ3) is 3.26. The van der Waals surface area contributed by atoms with Crippen LogP contribution in [0.1, 0.15) is 60.8 Å². The van der Waals surface area contributed by atoms with Gasteiger partial charge in [0.15, 0.2) is 5.82 Å². The molecule has 1 spiro atoms. The highest BCUT2D eigenvalue weighted by Crippen LogP contribution is 2.50. The Bertz CT molecular complexity index is 1230. The molecule has 2 aliphatic heterocycles. The van der Waals surface area contributed by atoms with Crippen LogP contribution in [0, 0.1) is 5.41 Å². The van der Waals surface area contributed by atoms with E-state index in [1.165, 1.54) is 0 Å². The van der Waals surface area contributed by atoms with Crippen LogP contribution in [0.5, 0.6) is 0 Å². The highest BCUT2D eigenvalue weighted by Gasteiger charge is 2.47. The maximum Gasteiger partial charge on any atom is 0.284 e. The van der Waals surface area contributed by atoms with Crippen LogP contribution in [0.2, 0.25) is 0 Å². The molecule has 3 aromatic rings. The molecule has 0 amide bonds. The Kier molecular flexibility index (Phi) is 4.79. The van der Waals surface area contributed by atoms with Gasteiger partial charge < -0.3 is 15.4 Å². The van der Waals surface area contributed by atoms with Crippen LogP contribution in [0.25, 0.3) is 16.7 Å². The molecule has 1 saturated heterocycles. The van der Waals surface area contributed by atoms with Crippen molar-refractivity contribution in [3.8, 4) is 0 Å². The van der Waals surface area contributed by atoms with Crippen molar-refractivity contribution in [3.05, 3.63) is 47.2 Å². The molecule has 5 heterocycles. The van der Waals surface area contributed by atoms with Crippen molar-refractivity contribution in [1.82, 2.24) is 25.1 Å². The second-order valence-electron chi connectivity index (χ2n) is 9.16. The zero-order chi connectivity index (χ0) is 22.6. The zero-order valence-corrected chi connectivity index (χ0v) is 18.1. The summed E-state index contributed by atoms with van der Waals surface area (Å²) < 4.78 is 33.6. The molecule has 8 nitrogen and oxygen atoms in total. The van der Waals surface area contributed by atoms with E-state index in [0.29, 0.717) is 36.6 Å². The highest BCUT2D eigenvalue weighted by atomic mass is 19.3. The van der Waals surface area contributed by atoms with Crippen LogP contribution in [0.15, 0.2) is 24.6 Å². The maximum absolute atomic E-state index is 14.1. The number of halogens is 2. The molecule has 6 rings (SSSR count). The average Bonchev–Trinajstić information content (AvgIpc) is 3.38. The summed E-state index contributed by atoms with van der Waals surface area (Å²) in [4.78, 5) is 15.3. The quantitative estimate of drug-likeness (QED) is 0.623. The largest absolute Gasteiger partial charge is 0.501 e. The van der Waals surface area contributed by atoms with Crippen LogP contribution >= 0.6 is 0 Å². The van der Waals surface area contributed by atoms with E-state index in [1.807, 2.05) is 17.0 Å². The minimum atomic E-state index is -2.74. The van der Waals surface area contributed by atoms with Gasteiger partial charge in [0.05, 0.1) is 18.6 Å². The number of alkyl halides is 2. The predicted molar refractivity (Wildman–Crippen MR) is 119 cm³/mol. The molecule has 3 aromatic heterocycles. The van der Waals surface area contributed by atoms with Crippen LogP contribution in [0.3, 0.4) is 0 Å². The number of ether oxygens (including phenoxy) is 1. The van der Waals surface area contributed by atoms with Gasteiger partial charge in [-0.1, -0.05) is 6.07 Å². The number of hydrogen-bond acceptors (Lipinski definition) is 7. The van der Waals surface area contributed by atoms with Gasteiger partial charge in [-0.3, -0.25) is 10.1 Å². The number of nitrogens with one attached hydrogen (secondary N) is 1. The normalized spacial score (nSPS) is 22.0. The van der Waals surface area contributed by atoms with Crippen molar-refractivity contribution in [2.24, 2.45) is 11.1 Å². The first-order valence-corrected chi connectivity index (χ1v) is 11.4. The summed E-state index contributed by atoms with van der Waals surface area (Å²) in [6, 6.07) is 3.87. The van der Waals surface area contributed by atoms with E-state index in [4.69, 9.17) is 10.5 Å². The Morgan fingerprint density at radius 1 is 1.24 bits per heavy atom. The second-order valence-corrected chi connectivity index (χ2v) is 9.16. The molecule has 0 aromatic carbocycles. The van der Waals surface area contributed by atoms with Crippen molar-refractivity contribution in [1.29, 1.82) is 0 Å². The lowest BCUT2D eigenvalue weighted by Crippen LogP contribution is -2.45. The van der Waals surface area contributed by atoms with Gasteiger partial charge >= 0.3 is 0 Å². The number of hydrogen-bond donors (Lipinski definition) is 2. The molecule has 1 atom stereocenters. The summed E-state index contributed by atoms with van der Waals surface area (Å²) in [6.45, 7) is 1.81. The molecule has 10 heteroatoms. The number of anilines is 1. The number of aromatic nitrogens is 5. The van der Waals surface area contributed by atoms with E-state index in [-0.39, 0.29) is 23.0 Å². The third-order valence-corrected chi connectivity index (χ3v) is 7.36. The Morgan fingerprint density at radius 3 is 2.82 bits per heavy atom. The molecule has 172 valence electrons. The standard InChI is InChI=1S/C23H25F2N7O/c24-20(25)18-22(29-21-17(28-18)16(30-31-21)13-3-2-10-33-12-13)32-8-5-23(6-9-32)11-15-14(19(23)26)4-1-7-27-15/h1,4,7,12,19-20H,2-3,5-6,8-11,26H2,(H,29,30,31)/t19-/m1/s1. The Balaban J connectivity index is 1.30. The molecule has 0 bridgehead atoms. The monoisotopic (exact) mass is 453 g/mol. The fourth-order valence-electron chi connectivity index (χ4n) is 5.50. The molecule has 1 aliphatic carbocycles. The van der Waals surface area contributed by atoms with E-state index in [9.17, 15) is 8.78 Å². The molecule has 3 N–H and O–H groups in total. The predicted octanol–water partition coefficient (Wildman–Crippen LogP) is 3.68. The number of nitrogens with two attached hydrogens (primary N) is 1. The number of nitrogens with zero attached hydrogens (tertiary/aromatic N) is 5. The summed E-state index contributed by atoms with van der Waals surface area (Å²) in [6.07, 6.45) is 4.72. The van der Waals surface area contributed by atoms with Gasteiger partial charge in [0.1, 0.15) is 11.2 Å². The van der Waals surface area contributed by atoms with Crippen molar-refractivity contribution in [2.75, 3.05) is 24.6 Å². The summed E-state index contributed by atoms with van der Waals surface area (Å²) in [5, 5.41) is 7.19. The van der Waals surface area contributed by atoms with E-state index in [1.54, 1.807) is 12.5 Å². The van der Waals surface area contributed by atoms with Gasteiger partial charge in [-0.25, -0.2) is 18.7 Å². The van der Waals surface area contributed by atoms with Gasteiger partial charge in [-0.05, 0) is 49.1 Å². The van der Waals surface area contributed by atoms with Crippen LogP contribution in [0.4, 0.5) is 14.6 Å². The lowest BCUT2D eigenvalue weighted by molar-refractivity contribution is 0.145. The van der Waals surface area contributed by atoms with Gasteiger partial charge in [0.25, 0.3) is 6.43 Å². The lowest BCUT2D eigenvalue weighted by Gasteiger charge is -2.42. The first-order valence-electron chi connectivity index (χ1n) is 11.4. The second kappa shape index (κ2) is 7.72. The number of rotatable bonds is 3. The zero-order valence-electron chi connectivity index (χ0n) is 18.1. The fourth-order valence-corrected chi connectivity index (χ4v) is 5.50. The Labute approximate surface area is 189 Å². The van der Waals surface area contributed by atoms with Gasteiger partial charge in [0, 0.05) is 36.6 Å². The van der Waals surface area contributed by atoms with Gasteiger partial charge in [-0.2, -0.15) is 5.10 Å². The average molecular weight is 453 g/mol. The Morgan fingerprint density at radius 2 is 2.09 bits per heavy atom.